The molecule has 29 heavy (non-hydrogen) atoms. The lowest BCUT2D eigenvalue weighted by molar-refractivity contribution is -0.134. The molecule has 0 saturated carbocycles. The Balaban J connectivity index is 1.81. The summed E-state index contributed by atoms with van der Waals surface area (Å²) < 4.78 is 0. The van der Waals surface area contributed by atoms with Crippen LogP contribution in [0.4, 0.5) is 16.2 Å². The van der Waals surface area contributed by atoms with Crippen molar-refractivity contribution in [1.82, 2.24) is 10.2 Å². The quantitative estimate of drug-likeness (QED) is 0.711. The van der Waals surface area contributed by atoms with E-state index in [1.807, 2.05) is 44.1 Å². The number of benzene rings is 2. The molecule has 7 nitrogen and oxygen atoms in total. The summed E-state index contributed by atoms with van der Waals surface area (Å²) >= 11 is 6.05. The molecule has 2 aromatic carbocycles. The van der Waals surface area contributed by atoms with Gasteiger partial charge in [-0.3, -0.25) is 14.5 Å². The van der Waals surface area contributed by atoms with E-state index in [4.69, 9.17) is 11.6 Å². The fourth-order valence-electron chi connectivity index (χ4n) is 3.46. The number of anilines is 2. The van der Waals surface area contributed by atoms with E-state index < -0.39 is 29.9 Å². The van der Waals surface area contributed by atoms with Gasteiger partial charge in [0.2, 0.25) is 5.91 Å². The first-order valence-corrected chi connectivity index (χ1v) is 9.62. The molecule has 1 fully saturated rings. The van der Waals surface area contributed by atoms with Gasteiger partial charge in [0.1, 0.15) is 12.1 Å². The zero-order valence-corrected chi connectivity index (χ0v) is 17.3. The highest BCUT2D eigenvalue weighted by Gasteiger charge is 2.51. The number of imide groups is 1. The Labute approximate surface area is 174 Å². The second kappa shape index (κ2) is 8.13. The van der Waals surface area contributed by atoms with Crippen molar-refractivity contribution >= 4 is 40.8 Å². The Hall–Kier alpha value is -3.06. The number of nitrogens with one attached hydrogen (secondary N) is 2. The van der Waals surface area contributed by atoms with Crippen LogP contribution in [0.15, 0.2) is 48.5 Å². The van der Waals surface area contributed by atoms with Crippen LogP contribution in [0.2, 0.25) is 5.02 Å². The van der Waals surface area contributed by atoms with Crippen LogP contribution in [-0.4, -0.2) is 43.4 Å². The van der Waals surface area contributed by atoms with Crippen LogP contribution in [0.1, 0.15) is 18.9 Å². The molecule has 2 N–H and O–H groups in total. The molecule has 1 aliphatic heterocycles. The van der Waals surface area contributed by atoms with E-state index in [2.05, 4.69) is 10.6 Å². The zero-order chi connectivity index (χ0) is 21.2. The normalized spacial score (nSPS) is 18.6. The number of amides is 4. The molecule has 0 radical (unpaired) electrons. The average Bonchev–Trinajstić information content (AvgIpc) is 2.93. The van der Waals surface area contributed by atoms with E-state index in [9.17, 15) is 14.4 Å². The minimum atomic E-state index is -1.16. The van der Waals surface area contributed by atoms with Crippen LogP contribution < -0.4 is 15.5 Å². The Kier molecular flexibility index (Phi) is 5.79. The summed E-state index contributed by atoms with van der Waals surface area (Å²) in [7, 11) is 3.68. The molecule has 1 aliphatic rings. The van der Waals surface area contributed by atoms with Crippen LogP contribution in [0.3, 0.4) is 0 Å². The van der Waals surface area contributed by atoms with Crippen molar-refractivity contribution in [3.63, 3.8) is 0 Å². The van der Waals surface area contributed by atoms with E-state index in [0.29, 0.717) is 22.7 Å². The van der Waals surface area contributed by atoms with Gasteiger partial charge in [0.25, 0.3) is 5.91 Å². The Morgan fingerprint density at radius 2 is 1.86 bits per heavy atom. The van der Waals surface area contributed by atoms with Gasteiger partial charge in [0.05, 0.1) is 11.4 Å². The third-order valence-electron chi connectivity index (χ3n) is 4.99. The topological polar surface area (TPSA) is 81.8 Å². The summed E-state index contributed by atoms with van der Waals surface area (Å²) in [4.78, 5) is 41.1. The lowest BCUT2D eigenvalue weighted by Gasteiger charge is -2.25. The van der Waals surface area contributed by atoms with E-state index in [1.165, 1.54) is 0 Å². The Morgan fingerprint density at radius 3 is 2.48 bits per heavy atom. The molecule has 1 unspecified atom stereocenters. The van der Waals surface area contributed by atoms with Crippen molar-refractivity contribution < 1.29 is 14.4 Å². The summed E-state index contributed by atoms with van der Waals surface area (Å²) in [5.74, 6) is -0.927. The molecule has 0 spiro atoms. The molecule has 0 aliphatic carbocycles. The van der Waals surface area contributed by atoms with Crippen molar-refractivity contribution in [2.24, 2.45) is 0 Å². The SMILES string of the molecule is CCC1(c2ccccc2)NC(=O)N(CC(=O)Nc2cc(Cl)ccc2N(C)C)C1=O. The minimum Gasteiger partial charge on any atom is -0.376 e. The molecule has 8 heteroatoms. The van der Waals surface area contributed by atoms with Gasteiger partial charge in [-0.15, -0.1) is 0 Å². The monoisotopic (exact) mass is 414 g/mol. The first-order chi connectivity index (χ1) is 13.8. The first-order valence-electron chi connectivity index (χ1n) is 9.25. The van der Waals surface area contributed by atoms with Crippen molar-refractivity contribution in [3.8, 4) is 0 Å². The summed E-state index contributed by atoms with van der Waals surface area (Å²) in [6.45, 7) is 1.43. The van der Waals surface area contributed by atoms with Crippen molar-refractivity contribution in [1.29, 1.82) is 0 Å². The Bertz CT molecular complexity index is 948. The molecule has 0 bridgehead atoms. The van der Waals surface area contributed by atoms with Crippen LogP contribution in [0, 0.1) is 0 Å². The molecule has 3 rings (SSSR count). The molecule has 1 atom stereocenters. The zero-order valence-electron chi connectivity index (χ0n) is 16.5. The molecular weight excluding hydrogens is 392 g/mol. The van der Waals surface area contributed by atoms with E-state index in [0.717, 1.165) is 10.6 Å². The number of nitrogens with zero attached hydrogens (tertiary/aromatic N) is 2. The predicted octanol–water partition coefficient (Wildman–Crippen LogP) is 3.20. The summed E-state index contributed by atoms with van der Waals surface area (Å²) in [5.41, 5.74) is 0.786. The second-order valence-corrected chi connectivity index (χ2v) is 7.49. The van der Waals surface area contributed by atoms with Gasteiger partial charge in [-0.2, -0.15) is 0 Å². The average molecular weight is 415 g/mol. The number of carbonyl (C=O) groups is 3. The number of halogens is 1. The van der Waals surface area contributed by atoms with Gasteiger partial charge >= 0.3 is 6.03 Å². The largest absolute Gasteiger partial charge is 0.376 e. The lowest BCUT2D eigenvalue weighted by Crippen LogP contribution is -2.44. The number of hydrogen-bond donors (Lipinski definition) is 2. The van der Waals surface area contributed by atoms with Crippen LogP contribution in [0.25, 0.3) is 0 Å². The molecular formula is C21H23ClN4O3. The van der Waals surface area contributed by atoms with Gasteiger partial charge in [-0.1, -0.05) is 48.9 Å². The van der Waals surface area contributed by atoms with Gasteiger partial charge in [-0.05, 0) is 30.2 Å². The van der Waals surface area contributed by atoms with Gasteiger partial charge in [0.15, 0.2) is 0 Å². The first kappa shape index (κ1) is 20.7. The highest BCUT2D eigenvalue weighted by atomic mass is 35.5. The molecule has 1 saturated heterocycles. The van der Waals surface area contributed by atoms with Gasteiger partial charge in [-0.25, -0.2) is 4.79 Å². The Morgan fingerprint density at radius 1 is 1.17 bits per heavy atom. The highest BCUT2D eigenvalue weighted by Crippen LogP contribution is 2.32. The smallest absolute Gasteiger partial charge is 0.325 e. The predicted molar refractivity (Wildman–Crippen MR) is 113 cm³/mol. The van der Waals surface area contributed by atoms with Crippen LogP contribution >= 0.6 is 11.6 Å². The highest BCUT2D eigenvalue weighted by molar-refractivity contribution is 6.31. The molecule has 0 aromatic heterocycles. The minimum absolute atomic E-state index is 0.374. The van der Waals surface area contributed by atoms with Crippen LogP contribution in [-0.2, 0) is 15.1 Å². The summed E-state index contributed by atoms with van der Waals surface area (Å²) in [6, 6.07) is 13.6. The maximum absolute atomic E-state index is 13.1. The number of urea groups is 1. The number of carbonyl (C=O) groups excluding carboxylic acids is 3. The fourth-order valence-corrected chi connectivity index (χ4v) is 3.64. The van der Waals surface area contributed by atoms with E-state index in [-0.39, 0.29) is 0 Å². The summed E-state index contributed by atoms with van der Waals surface area (Å²) in [5, 5.41) is 5.98. The van der Waals surface area contributed by atoms with Crippen molar-refractivity contribution in [3.05, 3.63) is 59.1 Å². The molecule has 1 heterocycles. The third-order valence-corrected chi connectivity index (χ3v) is 5.22. The maximum Gasteiger partial charge on any atom is 0.325 e. The molecule has 4 amide bonds. The lowest BCUT2D eigenvalue weighted by atomic mass is 9.87. The maximum atomic E-state index is 13.1. The number of hydrogen-bond acceptors (Lipinski definition) is 4. The van der Waals surface area contributed by atoms with Crippen molar-refractivity contribution in [2.45, 2.75) is 18.9 Å². The molecule has 152 valence electrons. The van der Waals surface area contributed by atoms with E-state index >= 15 is 0 Å². The van der Waals surface area contributed by atoms with E-state index in [1.54, 1.807) is 30.3 Å². The summed E-state index contributed by atoms with van der Waals surface area (Å²) in [6.07, 6.45) is 0.374. The molecule has 2 aromatic rings. The fraction of sp³-hybridized carbons (Fsp3) is 0.286. The van der Waals surface area contributed by atoms with Crippen molar-refractivity contribution in [2.75, 3.05) is 30.9 Å². The van der Waals surface area contributed by atoms with Crippen LogP contribution in [0.5, 0.6) is 0 Å². The second-order valence-electron chi connectivity index (χ2n) is 7.05. The third kappa shape index (κ3) is 3.91. The van der Waals surface area contributed by atoms with Gasteiger partial charge < -0.3 is 15.5 Å². The standard InChI is InChI=1S/C21H23ClN4O3/c1-4-21(14-8-6-5-7-9-14)19(28)26(20(29)24-21)13-18(27)23-16-12-15(22)10-11-17(16)25(2)3/h5-12H,4,13H2,1-3H3,(H,23,27)(H,24,29). The van der Waals surface area contributed by atoms with Gasteiger partial charge in [0, 0.05) is 19.1 Å². The number of rotatable bonds is 6.